The van der Waals surface area contributed by atoms with Gasteiger partial charge in [-0.05, 0) is 43.4 Å². The van der Waals surface area contributed by atoms with E-state index in [1.165, 1.54) is 37.2 Å². The van der Waals surface area contributed by atoms with Crippen LogP contribution in [0, 0.1) is 0 Å². The van der Waals surface area contributed by atoms with Crippen molar-refractivity contribution < 1.29 is 4.74 Å². The molecule has 3 rings (SSSR count). The second-order valence-electron chi connectivity index (χ2n) is 5.77. The maximum absolute atomic E-state index is 5.30. The topological polar surface area (TPSA) is 24.5 Å². The molecule has 1 saturated carbocycles. The van der Waals surface area contributed by atoms with E-state index in [-0.39, 0.29) is 0 Å². The van der Waals surface area contributed by atoms with Crippen molar-refractivity contribution in [2.45, 2.75) is 44.4 Å². The van der Waals surface area contributed by atoms with Crippen LogP contribution < -0.4 is 10.2 Å². The zero-order chi connectivity index (χ0) is 13.1. The van der Waals surface area contributed by atoms with Crippen LogP contribution in [0.15, 0.2) is 24.3 Å². The summed E-state index contributed by atoms with van der Waals surface area (Å²) in [5, 5.41) is 3.60. The first kappa shape index (κ1) is 12.9. The highest BCUT2D eigenvalue weighted by atomic mass is 16.5. The van der Waals surface area contributed by atoms with Crippen LogP contribution in [-0.2, 0) is 11.3 Å². The highest BCUT2D eigenvalue weighted by molar-refractivity contribution is 5.48. The Morgan fingerprint density at radius 3 is 2.47 bits per heavy atom. The third kappa shape index (κ3) is 3.10. The van der Waals surface area contributed by atoms with Gasteiger partial charge in [0.05, 0.1) is 6.10 Å². The Kier molecular flexibility index (Phi) is 4.04. The monoisotopic (exact) mass is 260 g/mol. The molecule has 1 aromatic rings. The van der Waals surface area contributed by atoms with E-state index in [1.54, 1.807) is 7.11 Å². The van der Waals surface area contributed by atoms with Gasteiger partial charge in [0.25, 0.3) is 0 Å². The summed E-state index contributed by atoms with van der Waals surface area (Å²) in [6, 6.07) is 9.69. The van der Waals surface area contributed by atoms with Crippen LogP contribution in [0.5, 0.6) is 0 Å². The number of nitrogens with one attached hydrogen (secondary N) is 1. The minimum atomic E-state index is 0.482. The van der Waals surface area contributed by atoms with E-state index < -0.39 is 0 Å². The first-order valence-corrected chi connectivity index (χ1v) is 7.45. The highest BCUT2D eigenvalue weighted by Crippen LogP contribution is 2.23. The number of methoxy groups -OCH3 is 1. The van der Waals surface area contributed by atoms with Gasteiger partial charge in [-0.25, -0.2) is 0 Å². The maximum Gasteiger partial charge on any atom is 0.0601 e. The van der Waals surface area contributed by atoms with Crippen LogP contribution in [0.2, 0.25) is 0 Å². The summed E-state index contributed by atoms with van der Waals surface area (Å²) < 4.78 is 5.30. The Labute approximate surface area is 115 Å². The molecule has 1 saturated heterocycles. The van der Waals surface area contributed by atoms with Crippen molar-refractivity contribution in [3.05, 3.63) is 29.8 Å². The number of nitrogens with zero attached hydrogens (tertiary/aromatic N) is 1. The molecular weight excluding hydrogens is 236 g/mol. The lowest BCUT2D eigenvalue weighted by Gasteiger charge is -2.34. The van der Waals surface area contributed by atoms with E-state index in [2.05, 4.69) is 34.5 Å². The van der Waals surface area contributed by atoms with Gasteiger partial charge in [0.15, 0.2) is 0 Å². The average Bonchev–Trinajstić information content (AvgIpc) is 2.92. The molecule has 2 fully saturated rings. The molecule has 104 valence electrons. The van der Waals surface area contributed by atoms with Crippen LogP contribution >= 0.6 is 0 Å². The fourth-order valence-corrected chi connectivity index (χ4v) is 2.99. The fourth-order valence-electron chi connectivity index (χ4n) is 2.99. The van der Waals surface area contributed by atoms with Crippen LogP contribution in [0.4, 0.5) is 5.69 Å². The lowest BCUT2D eigenvalue weighted by molar-refractivity contribution is 0.0170. The molecule has 1 heterocycles. The maximum atomic E-state index is 5.30. The zero-order valence-electron chi connectivity index (χ0n) is 11.8. The molecule has 1 aromatic carbocycles. The van der Waals surface area contributed by atoms with Crippen LogP contribution in [0.25, 0.3) is 0 Å². The molecule has 2 aliphatic rings. The molecule has 0 radical (unpaired) electrons. The Bertz CT molecular complexity index is 392. The van der Waals surface area contributed by atoms with E-state index in [0.717, 1.165) is 19.4 Å². The summed E-state index contributed by atoms with van der Waals surface area (Å²) >= 11 is 0. The molecule has 1 N–H and O–H groups in total. The van der Waals surface area contributed by atoms with Gasteiger partial charge in [0, 0.05) is 38.5 Å². The molecule has 0 amide bonds. The number of ether oxygens (including phenoxy) is 1. The van der Waals surface area contributed by atoms with E-state index >= 15 is 0 Å². The first-order valence-electron chi connectivity index (χ1n) is 7.45. The molecule has 3 heteroatoms. The van der Waals surface area contributed by atoms with Gasteiger partial charge in [-0.2, -0.15) is 0 Å². The quantitative estimate of drug-likeness (QED) is 0.880. The van der Waals surface area contributed by atoms with Gasteiger partial charge in [0.1, 0.15) is 0 Å². The van der Waals surface area contributed by atoms with E-state index in [0.29, 0.717) is 12.1 Å². The smallest absolute Gasteiger partial charge is 0.0601 e. The summed E-state index contributed by atoms with van der Waals surface area (Å²) in [5.74, 6) is 0. The Balaban J connectivity index is 1.46. The van der Waals surface area contributed by atoms with Crippen molar-refractivity contribution in [3.63, 3.8) is 0 Å². The number of hydrogen-bond donors (Lipinski definition) is 1. The molecule has 1 aliphatic heterocycles. The first-order chi connectivity index (χ1) is 9.35. The minimum Gasteiger partial charge on any atom is -0.381 e. The van der Waals surface area contributed by atoms with Gasteiger partial charge >= 0.3 is 0 Å². The molecule has 0 atom stereocenters. The second kappa shape index (κ2) is 5.93. The minimum absolute atomic E-state index is 0.482. The average molecular weight is 260 g/mol. The Hall–Kier alpha value is -1.06. The van der Waals surface area contributed by atoms with Crippen molar-refractivity contribution >= 4 is 5.69 Å². The summed E-state index contributed by atoms with van der Waals surface area (Å²) in [6.07, 6.45) is 5.47. The van der Waals surface area contributed by atoms with Gasteiger partial charge in [-0.3, -0.25) is 0 Å². The molecule has 3 nitrogen and oxygen atoms in total. The molecule has 19 heavy (non-hydrogen) atoms. The van der Waals surface area contributed by atoms with Gasteiger partial charge in [-0.15, -0.1) is 0 Å². The number of benzene rings is 1. The number of rotatable bonds is 5. The van der Waals surface area contributed by atoms with Crippen molar-refractivity contribution in [1.82, 2.24) is 5.32 Å². The van der Waals surface area contributed by atoms with Crippen LogP contribution in [-0.4, -0.2) is 32.3 Å². The summed E-state index contributed by atoms with van der Waals surface area (Å²) in [7, 11) is 1.80. The van der Waals surface area contributed by atoms with E-state index in [1.807, 2.05) is 0 Å². The molecule has 1 aliphatic carbocycles. The summed E-state index contributed by atoms with van der Waals surface area (Å²) in [4.78, 5) is 2.48. The van der Waals surface area contributed by atoms with Crippen LogP contribution in [0.3, 0.4) is 0 Å². The third-order valence-electron chi connectivity index (χ3n) is 4.43. The van der Waals surface area contributed by atoms with Crippen molar-refractivity contribution in [1.29, 1.82) is 0 Å². The van der Waals surface area contributed by atoms with E-state index in [9.17, 15) is 0 Å². The number of hydrogen-bond acceptors (Lipinski definition) is 3. The van der Waals surface area contributed by atoms with Gasteiger partial charge in [0.2, 0.25) is 0 Å². The number of anilines is 1. The summed E-state index contributed by atoms with van der Waals surface area (Å²) in [5.41, 5.74) is 2.76. The largest absolute Gasteiger partial charge is 0.381 e. The van der Waals surface area contributed by atoms with Crippen LogP contribution in [0.1, 0.15) is 31.2 Å². The van der Waals surface area contributed by atoms with Crippen molar-refractivity contribution in [3.8, 4) is 0 Å². The third-order valence-corrected chi connectivity index (χ3v) is 4.43. The Morgan fingerprint density at radius 1 is 1.16 bits per heavy atom. The standard InChI is InChI=1S/C16H24N2O/c1-19-16-10-14(11-16)17-12-13-4-6-15(7-5-13)18-8-2-3-9-18/h4-7,14,16-17H,2-3,8-12H2,1H3. The SMILES string of the molecule is COC1CC(NCc2ccc(N3CCCC3)cc2)C1. The zero-order valence-corrected chi connectivity index (χ0v) is 11.8. The predicted octanol–water partition coefficient (Wildman–Crippen LogP) is 2.55. The predicted molar refractivity (Wildman–Crippen MR) is 78.5 cm³/mol. The molecular formula is C16H24N2O. The normalized spacial score (nSPS) is 26.5. The fraction of sp³-hybridized carbons (Fsp3) is 0.625. The van der Waals surface area contributed by atoms with Gasteiger partial charge in [-0.1, -0.05) is 12.1 Å². The highest BCUT2D eigenvalue weighted by Gasteiger charge is 2.28. The molecule has 0 aromatic heterocycles. The van der Waals surface area contributed by atoms with Gasteiger partial charge < -0.3 is 15.0 Å². The molecule has 0 spiro atoms. The van der Waals surface area contributed by atoms with Crippen molar-refractivity contribution in [2.75, 3.05) is 25.1 Å². The summed E-state index contributed by atoms with van der Waals surface area (Å²) in [6.45, 7) is 3.41. The molecule has 0 unspecified atom stereocenters. The molecule has 0 bridgehead atoms. The lowest BCUT2D eigenvalue weighted by Crippen LogP contribution is -2.44. The second-order valence-corrected chi connectivity index (χ2v) is 5.77. The lowest BCUT2D eigenvalue weighted by atomic mass is 9.89. The van der Waals surface area contributed by atoms with Crippen molar-refractivity contribution in [2.24, 2.45) is 0 Å². The van der Waals surface area contributed by atoms with E-state index in [4.69, 9.17) is 4.74 Å². The Morgan fingerprint density at radius 2 is 1.84 bits per heavy atom.